The Balaban J connectivity index is 1.62. The Morgan fingerprint density at radius 1 is 0.942 bits per heavy atom. The monoisotopic (exact) mass is 751 g/mol. The Bertz CT molecular complexity index is 1700. The number of rotatable bonds is 19. The van der Waals surface area contributed by atoms with Crippen molar-refractivity contribution in [2.24, 2.45) is 5.41 Å². The molecule has 3 aromatic carbocycles. The lowest BCUT2D eigenvalue weighted by Gasteiger charge is -2.37. The van der Waals surface area contributed by atoms with Gasteiger partial charge in [0.25, 0.3) is 5.91 Å². The van der Waals surface area contributed by atoms with Gasteiger partial charge in [0.15, 0.2) is 6.61 Å². The fourth-order valence-electron chi connectivity index (χ4n) is 6.46. The molecule has 0 saturated heterocycles. The number of hydrogen-bond acceptors (Lipinski definition) is 8. The second-order valence-electron chi connectivity index (χ2n) is 13.1. The van der Waals surface area contributed by atoms with E-state index in [1.807, 2.05) is 30.5 Å². The topological polar surface area (TPSA) is 162 Å². The van der Waals surface area contributed by atoms with Crippen molar-refractivity contribution in [3.8, 4) is 5.75 Å². The van der Waals surface area contributed by atoms with Gasteiger partial charge in [0, 0.05) is 29.8 Å². The van der Waals surface area contributed by atoms with Crippen LogP contribution in [-0.2, 0) is 30.0 Å². The summed E-state index contributed by atoms with van der Waals surface area (Å²) in [6.45, 7) is 4.61. The van der Waals surface area contributed by atoms with Gasteiger partial charge in [0.05, 0.1) is 26.3 Å². The number of carbonyl (C=O) groups excluding carboxylic acids is 2. The standard InChI is InChI=1S/C39H49N3O8S2/c1-4-6-20-39(21-7-5-2)25-42(28-16-12-9-13-17-28)30-22-32(51-3)31(23-33(30)52(49)26-39)50-24-34(43)41-36(27-14-10-8-11-15-27)37(46)40-29(38(47)48)18-19-35(44)45/h8-17,22-23,29,36H,4-7,18-21,24-26H2,1-3H3,(H,40,46)(H,41,43)(H,44,45)(H,47,48)/t29-,36?,52?/m1/s1. The first kappa shape index (κ1) is 40.4. The second kappa shape index (κ2) is 19.5. The molecule has 11 nitrogen and oxygen atoms in total. The van der Waals surface area contributed by atoms with Crippen molar-refractivity contribution in [3.05, 3.63) is 78.4 Å². The van der Waals surface area contributed by atoms with E-state index in [0.29, 0.717) is 22.0 Å². The summed E-state index contributed by atoms with van der Waals surface area (Å²) in [5.41, 5.74) is 2.10. The maximum Gasteiger partial charge on any atom is 0.326 e. The van der Waals surface area contributed by atoms with Crippen LogP contribution in [0, 0.1) is 5.41 Å². The van der Waals surface area contributed by atoms with Gasteiger partial charge in [-0.2, -0.15) is 0 Å². The van der Waals surface area contributed by atoms with E-state index in [1.54, 1.807) is 36.4 Å². The van der Waals surface area contributed by atoms with E-state index < -0.39 is 59.7 Å². The summed E-state index contributed by atoms with van der Waals surface area (Å²) in [5, 5.41) is 23.6. The van der Waals surface area contributed by atoms with Crippen LogP contribution in [0.25, 0.3) is 0 Å². The quantitative estimate of drug-likeness (QED) is 0.0970. The van der Waals surface area contributed by atoms with E-state index in [9.17, 15) is 28.5 Å². The summed E-state index contributed by atoms with van der Waals surface area (Å²) in [7, 11) is -1.36. The molecule has 1 aliphatic rings. The van der Waals surface area contributed by atoms with E-state index in [1.165, 1.54) is 11.8 Å². The molecule has 0 aromatic heterocycles. The van der Waals surface area contributed by atoms with Gasteiger partial charge in [-0.1, -0.05) is 88.1 Å². The molecule has 2 amide bonds. The van der Waals surface area contributed by atoms with Gasteiger partial charge in [0.2, 0.25) is 5.91 Å². The Kier molecular flexibility index (Phi) is 15.1. The molecule has 2 unspecified atom stereocenters. The fourth-order valence-corrected chi connectivity index (χ4v) is 8.74. The highest BCUT2D eigenvalue weighted by atomic mass is 32.2. The van der Waals surface area contributed by atoms with Gasteiger partial charge < -0.3 is 30.5 Å². The van der Waals surface area contributed by atoms with Crippen LogP contribution in [0.2, 0.25) is 0 Å². The van der Waals surface area contributed by atoms with Gasteiger partial charge in [-0.05, 0) is 55.3 Å². The number of thioether (sulfide) groups is 1. The molecule has 0 fully saturated rings. The molecule has 3 atom stereocenters. The average molecular weight is 752 g/mol. The number of fused-ring (bicyclic) bond motifs is 1. The number of nitrogens with one attached hydrogen (secondary N) is 2. The number of unbranched alkanes of at least 4 members (excludes halogenated alkanes) is 2. The van der Waals surface area contributed by atoms with Crippen LogP contribution in [0.4, 0.5) is 11.4 Å². The number of carboxylic acid groups (broad SMARTS) is 2. The van der Waals surface area contributed by atoms with E-state index in [-0.39, 0.29) is 11.8 Å². The molecule has 0 saturated carbocycles. The van der Waals surface area contributed by atoms with Crippen molar-refractivity contribution < 1.29 is 38.3 Å². The van der Waals surface area contributed by atoms with Gasteiger partial charge in [-0.15, -0.1) is 11.8 Å². The minimum absolute atomic E-state index is 0.160. The number of nitrogens with zero attached hydrogens (tertiary/aromatic N) is 1. The number of anilines is 2. The summed E-state index contributed by atoms with van der Waals surface area (Å²) >= 11 is 1.44. The van der Waals surface area contributed by atoms with Crippen molar-refractivity contribution in [1.29, 1.82) is 0 Å². The summed E-state index contributed by atoms with van der Waals surface area (Å²) in [5.74, 6) is -3.14. The molecule has 4 N–H and O–H groups in total. The van der Waals surface area contributed by atoms with Gasteiger partial charge in [0.1, 0.15) is 17.8 Å². The lowest BCUT2D eigenvalue weighted by Crippen LogP contribution is -2.48. The maximum absolute atomic E-state index is 14.3. The maximum atomic E-state index is 14.3. The number of aliphatic carboxylic acids is 2. The Hall–Kier alpha value is -4.36. The summed E-state index contributed by atoms with van der Waals surface area (Å²) < 4.78 is 20.4. The molecule has 52 heavy (non-hydrogen) atoms. The number of ether oxygens (including phenoxy) is 1. The molecule has 280 valence electrons. The molecule has 3 aromatic rings. The number of amides is 2. The molecule has 4 rings (SSSR count). The Morgan fingerprint density at radius 3 is 2.15 bits per heavy atom. The molecule has 1 aliphatic heterocycles. The van der Waals surface area contributed by atoms with Gasteiger partial charge in [-0.3, -0.25) is 18.6 Å². The number of hydrogen-bond donors (Lipinski definition) is 4. The fraction of sp³-hybridized carbons (Fsp3) is 0.436. The van der Waals surface area contributed by atoms with Gasteiger partial charge in [-0.25, -0.2) is 4.79 Å². The van der Waals surface area contributed by atoms with E-state index in [4.69, 9.17) is 9.84 Å². The highest BCUT2D eigenvalue weighted by Crippen LogP contribution is 2.46. The SMILES string of the molecule is CCCCC1(CCCC)CN(c2ccccc2)c2cc(SC)c(OCC(=O)NC(C(=O)N[C@H](CCC(=O)O)C(=O)O)c3ccccc3)cc2S(=O)C1. The number of para-hydroxylation sites is 1. The smallest absolute Gasteiger partial charge is 0.326 e. The van der Waals surface area contributed by atoms with E-state index in [2.05, 4.69) is 41.5 Å². The van der Waals surface area contributed by atoms with Gasteiger partial charge >= 0.3 is 11.9 Å². The number of carboxylic acids is 2. The van der Waals surface area contributed by atoms with Crippen LogP contribution in [0.3, 0.4) is 0 Å². The van der Waals surface area contributed by atoms with Crippen LogP contribution in [0.15, 0.2) is 82.6 Å². The molecule has 1 heterocycles. The zero-order chi connectivity index (χ0) is 37.7. The third kappa shape index (κ3) is 10.8. The normalized spacial score (nSPS) is 16.1. The average Bonchev–Trinajstić information content (AvgIpc) is 3.26. The highest BCUT2D eigenvalue weighted by molar-refractivity contribution is 7.98. The van der Waals surface area contributed by atoms with E-state index in [0.717, 1.165) is 61.3 Å². The third-order valence-corrected chi connectivity index (χ3v) is 11.7. The molecule has 0 spiro atoms. The zero-order valence-corrected chi connectivity index (χ0v) is 31.6. The first-order valence-electron chi connectivity index (χ1n) is 17.7. The first-order chi connectivity index (χ1) is 25.0. The van der Waals surface area contributed by atoms with Crippen molar-refractivity contribution in [1.82, 2.24) is 10.6 Å². The second-order valence-corrected chi connectivity index (χ2v) is 15.4. The predicted molar refractivity (Wildman–Crippen MR) is 204 cm³/mol. The molecule has 13 heteroatoms. The predicted octanol–water partition coefficient (Wildman–Crippen LogP) is 6.71. The minimum atomic E-state index is -1.47. The molecule has 0 bridgehead atoms. The van der Waals surface area contributed by atoms with Crippen molar-refractivity contribution in [2.45, 2.75) is 87.1 Å². The lowest BCUT2D eigenvalue weighted by molar-refractivity contribution is -0.143. The van der Waals surface area contributed by atoms with Crippen LogP contribution >= 0.6 is 11.8 Å². The van der Waals surface area contributed by atoms with Crippen LogP contribution in [0.5, 0.6) is 5.75 Å². The largest absolute Gasteiger partial charge is 0.483 e. The number of carbonyl (C=O) groups is 4. The number of benzene rings is 3. The first-order valence-corrected chi connectivity index (χ1v) is 20.2. The Labute approximate surface area is 312 Å². The molecular formula is C39H49N3O8S2. The van der Waals surface area contributed by atoms with Crippen molar-refractivity contribution in [2.75, 3.05) is 30.1 Å². The molecular weight excluding hydrogens is 703 g/mol. The summed E-state index contributed by atoms with van der Waals surface area (Å²) in [6, 6.07) is 19.5. The Morgan fingerprint density at radius 2 is 1.58 bits per heavy atom. The van der Waals surface area contributed by atoms with Crippen LogP contribution < -0.4 is 20.3 Å². The van der Waals surface area contributed by atoms with Crippen LogP contribution in [0.1, 0.15) is 76.8 Å². The third-order valence-electron chi connectivity index (χ3n) is 9.22. The molecule has 0 aliphatic carbocycles. The van der Waals surface area contributed by atoms with Crippen molar-refractivity contribution in [3.63, 3.8) is 0 Å². The van der Waals surface area contributed by atoms with E-state index >= 15 is 0 Å². The summed E-state index contributed by atoms with van der Waals surface area (Å²) in [6.07, 6.45) is 7.23. The minimum Gasteiger partial charge on any atom is -0.483 e. The highest BCUT2D eigenvalue weighted by Gasteiger charge is 2.39. The lowest BCUT2D eigenvalue weighted by atomic mass is 9.79. The summed E-state index contributed by atoms with van der Waals surface area (Å²) in [4.78, 5) is 53.2. The zero-order valence-electron chi connectivity index (χ0n) is 30.0. The molecule has 0 radical (unpaired) electrons. The van der Waals surface area contributed by atoms with Crippen molar-refractivity contribution >= 4 is 57.7 Å². The van der Waals surface area contributed by atoms with Crippen LogP contribution in [-0.4, -0.2) is 69.4 Å².